The first kappa shape index (κ1) is 26.0. The van der Waals surface area contributed by atoms with E-state index in [1.807, 2.05) is 11.0 Å². The Hall–Kier alpha value is -2.64. The number of methoxy groups -OCH3 is 1. The number of ether oxygens (including phenoxy) is 2. The van der Waals surface area contributed by atoms with Crippen molar-refractivity contribution in [1.29, 1.82) is 0 Å². The van der Waals surface area contributed by atoms with E-state index in [0.29, 0.717) is 12.3 Å². The summed E-state index contributed by atoms with van der Waals surface area (Å²) < 4.78 is 11.7. The highest BCUT2D eigenvalue weighted by Gasteiger charge is 2.36. The second-order valence-corrected chi connectivity index (χ2v) is 10.9. The second kappa shape index (κ2) is 12.3. The topological polar surface area (TPSA) is 83.9 Å². The van der Waals surface area contributed by atoms with Gasteiger partial charge in [-0.2, -0.15) is 0 Å². The van der Waals surface area contributed by atoms with Crippen molar-refractivity contribution in [3.63, 3.8) is 0 Å². The molecule has 7 nitrogen and oxygen atoms in total. The monoisotopic (exact) mass is 507 g/mol. The van der Waals surface area contributed by atoms with Gasteiger partial charge in [0.15, 0.2) is 0 Å². The average Bonchev–Trinajstić information content (AvgIpc) is 3.61. The number of rotatable bonds is 13. The van der Waals surface area contributed by atoms with E-state index in [4.69, 9.17) is 14.5 Å². The Morgan fingerprint density at radius 2 is 2.08 bits per heavy atom. The fraction of sp³-hybridized carbons (Fsp3) is 0.600. The number of anilines is 1. The molecule has 0 bridgehead atoms. The molecule has 3 heterocycles. The third kappa shape index (κ3) is 6.82. The molecule has 1 aromatic carbocycles. The number of nitrogens with one attached hydrogen (secondary N) is 1. The molecule has 0 amide bonds. The van der Waals surface area contributed by atoms with Crippen molar-refractivity contribution < 1.29 is 19.4 Å². The number of carboxylic acids is 1. The van der Waals surface area contributed by atoms with Crippen LogP contribution >= 0.6 is 0 Å². The predicted octanol–water partition coefficient (Wildman–Crippen LogP) is 5.03. The highest BCUT2D eigenvalue weighted by Crippen LogP contribution is 2.37. The largest absolute Gasteiger partial charge is 0.496 e. The number of fused-ring (bicyclic) bond motifs is 1. The van der Waals surface area contributed by atoms with Crippen LogP contribution in [0.2, 0.25) is 0 Å². The van der Waals surface area contributed by atoms with Crippen LogP contribution in [0.5, 0.6) is 5.75 Å². The lowest BCUT2D eigenvalue weighted by atomic mass is 9.99. The Morgan fingerprint density at radius 1 is 1.19 bits per heavy atom. The van der Waals surface area contributed by atoms with Crippen LogP contribution < -0.4 is 10.1 Å². The van der Waals surface area contributed by atoms with Crippen LogP contribution in [0.1, 0.15) is 73.4 Å². The van der Waals surface area contributed by atoms with E-state index in [0.717, 1.165) is 87.6 Å². The number of unbranched alkanes of at least 4 members (excludes halogenated alkanes) is 2. The van der Waals surface area contributed by atoms with Crippen LogP contribution in [0.4, 0.5) is 5.82 Å². The number of aryl methyl sites for hydroxylation is 2. The van der Waals surface area contributed by atoms with Crippen molar-refractivity contribution >= 4 is 11.8 Å². The van der Waals surface area contributed by atoms with Gasteiger partial charge in [-0.3, -0.25) is 9.69 Å². The number of carbonyl (C=O) groups is 1. The Kier molecular flexibility index (Phi) is 8.62. The minimum absolute atomic E-state index is 0.0795. The van der Waals surface area contributed by atoms with Crippen LogP contribution in [0.15, 0.2) is 30.3 Å². The number of pyridine rings is 1. The van der Waals surface area contributed by atoms with Crippen LogP contribution in [-0.4, -0.2) is 60.4 Å². The first-order chi connectivity index (χ1) is 18.1. The molecular weight excluding hydrogens is 466 g/mol. The average molecular weight is 508 g/mol. The van der Waals surface area contributed by atoms with Crippen molar-refractivity contribution in [3.8, 4) is 5.75 Å². The van der Waals surface area contributed by atoms with Gasteiger partial charge in [0.05, 0.1) is 13.2 Å². The number of aromatic nitrogens is 1. The number of aliphatic carboxylic acids is 1. The van der Waals surface area contributed by atoms with Crippen LogP contribution in [0.3, 0.4) is 0 Å². The molecule has 3 aliphatic rings. The standard InChI is InChI=1S/C30H41N3O4/c1-36-27-13-10-22(18-21-8-9-21)19-26(27)28(30(34)35)33-16-14-25(20-33)37-17-4-2-3-7-24-12-11-23-6-5-15-31-29(23)32-24/h10-13,19,21,25,28H,2-9,14-18,20H2,1H3,(H,31,32)(H,34,35)/t25-,28-/m1/s1. The number of hydrogen-bond acceptors (Lipinski definition) is 6. The maximum atomic E-state index is 12.4. The molecule has 2 atom stereocenters. The van der Waals surface area contributed by atoms with E-state index >= 15 is 0 Å². The predicted molar refractivity (Wildman–Crippen MR) is 144 cm³/mol. The number of benzene rings is 1. The van der Waals surface area contributed by atoms with Crippen LogP contribution in [0, 0.1) is 5.92 Å². The zero-order valence-corrected chi connectivity index (χ0v) is 22.1. The fourth-order valence-electron chi connectivity index (χ4n) is 5.73. The second-order valence-electron chi connectivity index (χ2n) is 10.9. The SMILES string of the molecule is COc1ccc(CC2CC2)cc1[C@H](C(=O)O)N1CC[C@@H](OCCCCCc2ccc3c(n2)NCCC3)C1. The maximum absolute atomic E-state index is 12.4. The van der Waals surface area contributed by atoms with Gasteiger partial charge in [-0.1, -0.05) is 18.6 Å². The molecule has 200 valence electrons. The minimum atomic E-state index is -0.825. The quantitative estimate of drug-likeness (QED) is 0.368. The highest BCUT2D eigenvalue weighted by atomic mass is 16.5. The molecule has 2 aromatic rings. The van der Waals surface area contributed by atoms with Gasteiger partial charge >= 0.3 is 5.97 Å². The van der Waals surface area contributed by atoms with Gasteiger partial charge in [-0.05, 0) is 93.0 Å². The van der Waals surface area contributed by atoms with Crippen molar-refractivity contribution in [1.82, 2.24) is 9.88 Å². The van der Waals surface area contributed by atoms with E-state index in [1.165, 1.54) is 30.4 Å². The lowest BCUT2D eigenvalue weighted by Crippen LogP contribution is -2.34. The van der Waals surface area contributed by atoms with Gasteiger partial charge in [0.25, 0.3) is 0 Å². The van der Waals surface area contributed by atoms with E-state index in [-0.39, 0.29) is 6.10 Å². The van der Waals surface area contributed by atoms with Crippen molar-refractivity contribution in [2.24, 2.45) is 5.92 Å². The summed E-state index contributed by atoms with van der Waals surface area (Å²) in [6.45, 7) is 3.09. The molecule has 5 rings (SSSR count). The zero-order valence-electron chi connectivity index (χ0n) is 22.1. The van der Waals surface area contributed by atoms with Gasteiger partial charge in [0, 0.05) is 37.5 Å². The van der Waals surface area contributed by atoms with Gasteiger partial charge in [-0.15, -0.1) is 0 Å². The molecule has 2 fully saturated rings. The molecule has 1 aromatic heterocycles. The Balaban J connectivity index is 1.07. The molecule has 0 spiro atoms. The first-order valence-electron chi connectivity index (χ1n) is 14.1. The van der Waals surface area contributed by atoms with E-state index in [1.54, 1.807) is 7.11 Å². The number of hydrogen-bond donors (Lipinski definition) is 2. The fourth-order valence-corrected chi connectivity index (χ4v) is 5.73. The number of carboxylic acid groups (broad SMARTS) is 1. The van der Waals surface area contributed by atoms with E-state index in [2.05, 4.69) is 29.6 Å². The summed E-state index contributed by atoms with van der Waals surface area (Å²) in [5.74, 6) is 1.65. The van der Waals surface area contributed by atoms with Crippen molar-refractivity contribution in [3.05, 3.63) is 52.7 Å². The maximum Gasteiger partial charge on any atom is 0.325 e. The lowest BCUT2D eigenvalue weighted by molar-refractivity contribution is -0.143. The summed E-state index contributed by atoms with van der Waals surface area (Å²) in [6.07, 6.45) is 11.0. The molecule has 0 radical (unpaired) electrons. The van der Waals surface area contributed by atoms with Gasteiger partial charge < -0.3 is 19.9 Å². The third-order valence-corrected chi connectivity index (χ3v) is 7.97. The summed E-state index contributed by atoms with van der Waals surface area (Å²) in [5, 5.41) is 13.6. The minimum Gasteiger partial charge on any atom is -0.496 e. The normalized spacial score (nSPS) is 20.3. The Labute approximate surface area is 220 Å². The molecule has 2 aliphatic heterocycles. The summed E-state index contributed by atoms with van der Waals surface area (Å²) in [6, 6.07) is 9.75. The molecule has 2 N–H and O–H groups in total. The molecule has 0 unspecified atom stereocenters. The van der Waals surface area contributed by atoms with Crippen LogP contribution in [-0.2, 0) is 28.8 Å². The smallest absolute Gasteiger partial charge is 0.325 e. The number of nitrogens with zero attached hydrogens (tertiary/aromatic N) is 2. The summed E-state index contributed by atoms with van der Waals surface area (Å²) >= 11 is 0. The number of likely N-dealkylation sites (tertiary alicyclic amines) is 1. The first-order valence-corrected chi connectivity index (χ1v) is 14.1. The molecule has 1 aliphatic carbocycles. The summed E-state index contributed by atoms with van der Waals surface area (Å²) in [5.41, 5.74) is 4.47. The molecular formula is C30H41N3O4. The van der Waals surface area contributed by atoms with Gasteiger partial charge in [0.1, 0.15) is 17.6 Å². The summed E-state index contributed by atoms with van der Waals surface area (Å²) in [7, 11) is 1.62. The van der Waals surface area contributed by atoms with Gasteiger partial charge in [0.2, 0.25) is 0 Å². The summed E-state index contributed by atoms with van der Waals surface area (Å²) in [4.78, 5) is 19.2. The van der Waals surface area contributed by atoms with Crippen molar-refractivity contribution in [2.45, 2.75) is 76.4 Å². The molecule has 37 heavy (non-hydrogen) atoms. The van der Waals surface area contributed by atoms with E-state index < -0.39 is 12.0 Å². The lowest BCUT2D eigenvalue weighted by Gasteiger charge is -2.26. The molecule has 1 saturated heterocycles. The zero-order chi connectivity index (χ0) is 25.6. The molecule has 7 heteroatoms. The van der Waals surface area contributed by atoms with Crippen LogP contribution in [0.25, 0.3) is 0 Å². The van der Waals surface area contributed by atoms with Crippen molar-refractivity contribution in [2.75, 3.05) is 38.7 Å². The highest BCUT2D eigenvalue weighted by molar-refractivity contribution is 5.77. The van der Waals surface area contributed by atoms with Gasteiger partial charge in [-0.25, -0.2) is 4.98 Å². The Morgan fingerprint density at radius 3 is 2.89 bits per heavy atom. The third-order valence-electron chi connectivity index (χ3n) is 7.97. The molecule has 1 saturated carbocycles. The van der Waals surface area contributed by atoms with E-state index in [9.17, 15) is 9.90 Å². The Bertz CT molecular complexity index is 1070.